The molecule has 6 nitrogen and oxygen atoms in total. The number of halogens is 2. The summed E-state index contributed by atoms with van der Waals surface area (Å²) >= 11 is 12.4. The first-order valence-corrected chi connectivity index (χ1v) is 11.7. The smallest absolute Gasteiger partial charge is 0.338 e. The van der Waals surface area contributed by atoms with E-state index in [4.69, 9.17) is 27.9 Å². The lowest BCUT2D eigenvalue weighted by Crippen LogP contribution is -2.48. The highest BCUT2D eigenvalue weighted by Gasteiger charge is 2.54. The number of hydrogen-bond acceptors (Lipinski definition) is 4. The number of aryl methyl sites for hydroxylation is 1. The van der Waals surface area contributed by atoms with E-state index in [-0.39, 0.29) is 18.7 Å². The van der Waals surface area contributed by atoms with Crippen molar-refractivity contribution in [3.63, 3.8) is 0 Å². The summed E-state index contributed by atoms with van der Waals surface area (Å²) in [5.41, 5.74) is 1.95. The molecule has 35 heavy (non-hydrogen) atoms. The van der Waals surface area contributed by atoms with Crippen LogP contribution in [0.5, 0.6) is 0 Å². The summed E-state index contributed by atoms with van der Waals surface area (Å²) in [6, 6.07) is 18.8. The van der Waals surface area contributed by atoms with Crippen LogP contribution in [0.25, 0.3) is 0 Å². The van der Waals surface area contributed by atoms with E-state index in [9.17, 15) is 14.4 Å². The van der Waals surface area contributed by atoms with Gasteiger partial charge >= 0.3 is 12.0 Å². The Morgan fingerprint density at radius 2 is 1.60 bits per heavy atom. The van der Waals surface area contributed by atoms with E-state index in [0.717, 1.165) is 16.0 Å². The van der Waals surface area contributed by atoms with Crippen molar-refractivity contribution >= 4 is 46.8 Å². The average molecular weight is 511 g/mol. The van der Waals surface area contributed by atoms with E-state index in [1.165, 1.54) is 30.2 Å². The summed E-state index contributed by atoms with van der Waals surface area (Å²) in [5.74, 6) is -0.922. The molecule has 0 aromatic heterocycles. The summed E-state index contributed by atoms with van der Waals surface area (Å²) in [6.07, 6.45) is 0.281. The molecule has 0 spiro atoms. The molecule has 1 saturated heterocycles. The van der Waals surface area contributed by atoms with E-state index < -0.39 is 23.4 Å². The second kappa shape index (κ2) is 9.72. The molecule has 180 valence electrons. The number of urea groups is 1. The lowest BCUT2D eigenvalue weighted by molar-refractivity contribution is -0.124. The van der Waals surface area contributed by atoms with Crippen LogP contribution in [0.15, 0.2) is 66.7 Å². The highest BCUT2D eigenvalue weighted by atomic mass is 35.5. The van der Waals surface area contributed by atoms with Gasteiger partial charge in [0.15, 0.2) is 0 Å². The number of esters is 1. The zero-order valence-corrected chi connectivity index (χ0v) is 21.1. The molecule has 4 rings (SSSR count). The molecule has 1 aliphatic rings. The number of carbonyl (C=O) groups excluding carboxylic acids is 3. The quantitative estimate of drug-likeness (QED) is 0.298. The average Bonchev–Trinajstić information content (AvgIpc) is 3.00. The Kier molecular flexibility index (Phi) is 6.88. The number of nitrogens with zero attached hydrogens (tertiary/aromatic N) is 2. The third kappa shape index (κ3) is 4.77. The maximum atomic E-state index is 13.9. The largest absolute Gasteiger partial charge is 0.465 e. The van der Waals surface area contributed by atoms with Crippen molar-refractivity contribution in [1.29, 1.82) is 0 Å². The number of ether oxygens (including phenoxy) is 1. The number of benzene rings is 3. The Labute approximate surface area is 214 Å². The second-order valence-electron chi connectivity index (χ2n) is 8.72. The van der Waals surface area contributed by atoms with Crippen LogP contribution in [0.2, 0.25) is 10.0 Å². The maximum absolute atomic E-state index is 13.9. The van der Waals surface area contributed by atoms with Gasteiger partial charge in [-0.25, -0.2) is 14.5 Å². The third-order valence-corrected chi connectivity index (χ3v) is 6.64. The van der Waals surface area contributed by atoms with Gasteiger partial charge in [-0.15, -0.1) is 0 Å². The van der Waals surface area contributed by atoms with Crippen LogP contribution >= 0.6 is 23.2 Å². The number of carbonyl (C=O) groups is 3. The van der Waals surface area contributed by atoms with Crippen LogP contribution in [0.1, 0.15) is 34.0 Å². The SMILES string of the molecule is COC(=O)c1ccccc1CN1C(=O)N(c2cc(Cl)cc(Cl)c2)C(=O)[C@@]1(C)Cc1ccc(C)cc1. The third-order valence-electron chi connectivity index (χ3n) is 6.21. The molecule has 0 radical (unpaired) electrons. The monoisotopic (exact) mass is 510 g/mol. The Hall–Kier alpha value is -3.35. The normalized spacial score (nSPS) is 17.7. The van der Waals surface area contributed by atoms with Crippen molar-refractivity contribution in [3.8, 4) is 0 Å². The van der Waals surface area contributed by atoms with E-state index in [2.05, 4.69) is 0 Å². The summed E-state index contributed by atoms with van der Waals surface area (Å²) in [6.45, 7) is 3.75. The van der Waals surface area contributed by atoms with Gasteiger partial charge in [0.1, 0.15) is 5.54 Å². The summed E-state index contributed by atoms with van der Waals surface area (Å²) in [4.78, 5) is 42.6. The molecule has 0 bridgehead atoms. The second-order valence-corrected chi connectivity index (χ2v) is 9.59. The molecule has 3 aromatic rings. The van der Waals surface area contributed by atoms with Gasteiger partial charge < -0.3 is 9.64 Å². The van der Waals surface area contributed by atoms with Crippen LogP contribution in [-0.4, -0.2) is 35.5 Å². The minimum absolute atomic E-state index is 0.0308. The van der Waals surface area contributed by atoms with Crippen LogP contribution in [0, 0.1) is 6.92 Å². The van der Waals surface area contributed by atoms with Crippen molar-refractivity contribution in [2.45, 2.75) is 32.4 Å². The summed E-state index contributed by atoms with van der Waals surface area (Å²) < 4.78 is 4.92. The first-order chi connectivity index (χ1) is 16.6. The highest BCUT2D eigenvalue weighted by molar-refractivity contribution is 6.35. The molecule has 8 heteroatoms. The molecule has 1 fully saturated rings. The van der Waals surface area contributed by atoms with E-state index in [1.54, 1.807) is 31.2 Å². The number of methoxy groups -OCH3 is 1. The molecule has 1 heterocycles. The molecule has 3 aromatic carbocycles. The van der Waals surface area contributed by atoms with Crippen LogP contribution < -0.4 is 4.90 Å². The van der Waals surface area contributed by atoms with E-state index >= 15 is 0 Å². The molecule has 1 atom stereocenters. The molecule has 0 unspecified atom stereocenters. The Morgan fingerprint density at radius 3 is 2.23 bits per heavy atom. The van der Waals surface area contributed by atoms with Crippen LogP contribution in [0.4, 0.5) is 10.5 Å². The number of anilines is 1. The van der Waals surface area contributed by atoms with Gasteiger partial charge in [0.25, 0.3) is 5.91 Å². The predicted octanol–water partition coefficient (Wildman–Crippen LogP) is 6.06. The molecule has 0 N–H and O–H groups in total. The number of rotatable bonds is 6. The van der Waals surface area contributed by atoms with E-state index in [0.29, 0.717) is 21.2 Å². The van der Waals surface area contributed by atoms with Crippen molar-refractivity contribution in [3.05, 3.63) is 99.0 Å². The molecule has 1 aliphatic heterocycles. The molecular formula is C27H24Cl2N2O4. The van der Waals surface area contributed by atoms with Crippen molar-refractivity contribution in [2.75, 3.05) is 12.0 Å². The fourth-order valence-electron chi connectivity index (χ4n) is 4.33. The fraction of sp³-hybridized carbons (Fsp3) is 0.222. The van der Waals surface area contributed by atoms with Crippen LogP contribution in [0.3, 0.4) is 0 Å². The van der Waals surface area contributed by atoms with Crippen molar-refractivity contribution in [2.24, 2.45) is 0 Å². The Balaban J connectivity index is 1.81. The van der Waals surface area contributed by atoms with Gasteiger partial charge in [0, 0.05) is 23.0 Å². The summed E-state index contributed by atoms with van der Waals surface area (Å²) in [7, 11) is 1.30. The lowest BCUT2D eigenvalue weighted by Gasteiger charge is -2.32. The van der Waals surface area contributed by atoms with Gasteiger partial charge in [-0.05, 0) is 49.2 Å². The van der Waals surface area contributed by atoms with Gasteiger partial charge in [-0.2, -0.15) is 0 Å². The van der Waals surface area contributed by atoms with Gasteiger partial charge in [-0.1, -0.05) is 71.2 Å². The zero-order chi connectivity index (χ0) is 25.3. The predicted molar refractivity (Wildman–Crippen MR) is 136 cm³/mol. The minimum Gasteiger partial charge on any atom is -0.465 e. The standard InChI is InChI=1S/C27H24Cl2N2O4/c1-17-8-10-18(11-9-17)15-27(2)25(33)31(22-13-20(28)12-21(29)14-22)26(34)30(27)16-19-6-4-5-7-23(19)24(32)35-3/h4-14H,15-16H2,1-3H3/t27-/m1/s1. The summed E-state index contributed by atoms with van der Waals surface area (Å²) in [5, 5.41) is 0.616. The number of amides is 3. The topological polar surface area (TPSA) is 66.9 Å². The van der Waals surface area contributed by atoms with Gasteiger partial charge in [0.05, 0.1) is 18.4 Å². The molecule has 0 saturated carbocycles. The Bertz CT molecular complexity index is 1290. The maximum Gasteiger partial charge on any atom is 0.338 e. The molecule has 0 aliphatic carbocycles. The molecular weight excluding hydrogens is 487 g/mol. The first-order valence-electron chi connectivity index (χ1n) is 11.0. The van der Waals surface area contributed by atoms with E-state index in [1.807, 2.05) is 31.2 Å². The molecule has 3 amide bonds. The zero-order valence-electron chi connectivity index (χ0n) is 19.5. The number of imide groups is 1. The Morgan fingerprint density at radius 1 is 0.971 bits per heavy atom. The van der Waals surface area contributed by atoms with Crippen molar-refractivity contribution in [1.82, 2.24) is 4.90 Å². The highest BCUT2D eigenvalue weighted by Crippen LogP contribution is 2.38. The van der Waals surface area contributed by atoms with Crippen LogP contribution in [-0.2, 0) is 22.5 Å². The lowest BCUT2D eigenvalue weighted by atomic mass is 9.90. The van der Waals surface area contributed by atoms with Gasteiger partial charge in [-0.3, -0.25) is 4.79 Å². The number of hydrogen-bond donors (Lipinski definition) is 0. The van der Waals surface area contributed by atoms with Crippen molar-refractivity contribution < 1.29 is 19.1 Å². The first kappa shape index (κ1) is 24.8. The minimum atomic E-state index is -1.23. The van der Waals surface area contributed by atoms with Gasteiger partial charge in [0.2, 0.25) is 0 Å². The fourth-order valence-corrected chi connectivity index (χ4v) is 4.84.